The van der Waals surface area contributed by atoms with Gasteiger partial charge < -0.3 is 15.8 Å². The van der Waals surface area contributed by atoms with Gasteiger partial charge in [-0.05, 0) is 43.2 Å². The summed E-state index contributed by atoms with van der Waals surface area (Å²) in [7, 11) is 0. The van der Waals surface area contributed by atoms with E-state index in [4.69, 9.17) is 15.5 Å². The third kappa shape index (κ3) is 7.58. The first kappa shape index (κ1) is 22.4. The Kier molecular flexibility index (Phi) is 9.86. The van der Waals surface area contributed by atoms with E-state index in [2.05, 4.69) is 40.5 Å². The zero-order valence-electron chi connectivity index (χ0n) is 16.4. The fraction of sp³-hybridized carbons (Fsp3) is 0.667. The number of halogens is 1. The van der Waals surface area contributed by atoms with Gasteiger partial charge >= 0.3 is 0 Å². The maximum atomic E-state index is 6.13. The van der Waals surface area contributed by atoms with Crippen LogP contribution in [-0.2, 0) is 11.2 Å². The second-order valence-corrected chi connectivity index (χ2v) is 7.81. The molecule has 0 bridgehead atoms. The lowest BCUT2D eigenvalue weighted by molar-refractivity contribution is 0.0376. The van der Waals surface area contributed by atoms with Crippen LogP contribution in [0.2, 0.25) is 0 Å². The molecule has 6 heteroatoms. The van der Waals surface area contributed by atoms with Gasteiger partial charge in [-0.1, -0.05) is 43.2 Å². The van der Waals surface area contributed by atoms with Crippen LogP contribution in [-0.4, -0.2) is 56.8 Å². The second-order valence-electron chi connectivity index (χ2n) is 7.81. The van der Waals surface area contributed by atoms with Gasteiger partial charge in [0.15, 0.2) is 5.96 Å². The fourth-order valence-electron chi connectivity index (χ4n) is 4.20. The number of rotatable bonds is 8. The highest BCUT2D eigenvalue weighted by Gasteiger charge is 2.33. The maximum absolute atomic E-state index is 6.13. The van der Waals surface area contributed by atoms with Crippen LogP contribution in [0.5, 0.6) is 0 Å². The largest absolute Gasteiger partial charge is 0.379 e. The Morgan fingerprint density at radius 1 is 1.15 bits per heavy atom. The van der Waals surface area contributed by atoms with E-state index in [1.54, 1.807) is 0 Å². The van der Waals surface area contributed by atoms with Gasteiger partial charge in [0.05, 0.1) is 13.2 Å². The molecule has 0 spiro atoms. The smallest absolute Gasteiger partial charge is 0.188 e. The zero-order valence-corrected chi connectivity index (χ0v) is 18.7. The minimum absolute atomic E-state index is 0. The Bertz CT molecular complexity index is 555. The number of ether oxygens (including phenoxy) is 1. The molecule has 1 saturated carbocycles. The number of morpholine rings is 1. The van der Waals surface area contributed by atoms with Crippen LogP contribution in [0.3, 0.4) is 0 Å². The summed E-state index contributed by atoms with van der Waals surface area (Å²) >= 11 is 0. The minimum atomic E-state index is 0. The highest BCUT2D eigenvalue weighted by molar-refractivity contribution is 14.0. The monoisotopic (exact) mass is 486 g/mol. The molecule has 3 N–H and O–H groups in total. The molecule has 0 radical (unpaired) electrons. The highest BCUT2D eigenvalue weighted by atomic mass is 127. The molecule has 5 nitrogen and oxygen atoms in total. The van der Waals surface area contributed by atoms with Crippen molar-refractivity contribution in [3.63, 3.8) is 0 Å². The third-order valence-electron chi connectivity index (χ3n) is 5.73. The van der Waals surface area contributed by atoms with Gasteiger partial charge in [-0.3, -0.25) is 9.89 Å². The highest BCUT2D eigenvalue weighted by Crippen LogP contribution is 2.41. The SMILES string of the molecule is I.NC(=NCC1(Cc2ccccc2)CCCC1)NCCCN1CCOCC1. The molecule has 27 heavy (non-hydrogen) atoms. The zero-order chi connectivity index (χ0) is 18.1. The minimum Gasteiger partial charge on any atom is -0.379 e. The normalized spacial score (nSPS) is 20.2. The number of aliphatic imine (C=N–C) groups is 1. The summed E-state index contributed by atoms with van der Waals surface area (Å²) in [6.07, 6.45) is 7.35. The summed E-state index contributed by atoms with van der Waals surface area (Å²) in [4.78, 5) is 7.16. The van der Waals surface area contributed by atoms with Gasteiger partial charge in [-0.25, -0.2) is 0 Å². The molecule has 1 aromatic rings. The molecule has 0 unspecified atom stereocenters. The number of benzene rings is 1. The molecule has 1 aliphatic heterocycles. The van der Waals surface area contributed by atoms with Crippen LogP contribution in [0.25, 0.3) is 0 Å². The van der Waals surface area contributed by atoms with E-state index in [1.165, 1.54) is 31.2 Å². The third-order valence-corrected chi connectivity index (χ3v) is 5.73. The van der Waals surface area contributed by atoms with Crippen molar-refractivity contribution in [2.45, 2.75) is 38.5 Å². The molecule has 0 amide bonds. The first-order valence-corrected chi connectivity index (χ1v) is 10.1. The topological polar surface area (TPSA) is 62.9 Å². The Morgan fingerprint density at radius 2 is 1.85 bits per heavy atom. The molecule has 1 aliphatic carbocycles. The maximum Gasteiger partial charge on any atom is 0.188 e. The Labute approximate surface area is 181 Å². The van der Waals surface area contributed by atoms with E-state index in [-0.39, 0.29) is 24.0 Å². The Hall–Kier alpha value is -0.860. The van der Waals surface area contributed by atoms with E-state index in [0.29, 0.717) is 11.4 Å². The molecular weight excluding hydrogens is 451 g/mol. The van der Waals surface area contributed by atoms with Gasteiger partial charge in [0, 0.05) is 26.2 Å². The van der Waals surface area contributed by atoms with Crippen molar-refractivity contribution in [3.05, 3.63) is 35.9 Å². The molecule has 1 heterocycles. The quantitative estimate of drug-likeness (QED) is 0.257. The number of nitrogens with one attached hydrogen (secondary N) is 1. The summed E-state index contributed by atoms with van der Waals surface area (Å²) in [5.74, 6) is 0.603. The van der Waals surface area contributed by atoms with Crippen LogP contribution in [0, 0.1) is 5.41 Å². The summed E-state index contributed by atoms with van der Waals surface area (Å²) < 4.78 is 5.38. The van der Waals surface area contributed by atoms with Crippen LogP contribution in [0.15, 0.2) is 35.3 Å². The van der Waals surface area contributed by atoms with E-state index in [1.807, 2.05) is 0 Å². The Morgan fingerprint density at radius 3 is 2.56 bits per heavy atom. The van der Waals surface area contributed by atoms with Crippen LogP contribution >= 0.6 is 24.0 Å². The van der Waals surface area contributed by atoms with Gasteiger partial charge in [-0.2, -0.15) is 0 Å². The molecule has 1 aromatic carbocycles. The molecule has 0 aromatic heterocycles. The molecule has 3 rings (SSSR count). The average Bonchev–Trinajstić information content (AvgIpc) is 3.14. The van der Waals surface area contributed by atoms with Crippen LogP contribution < -0.4 is 11.1 Å². The molecule has 2 fully saturated rings. The van der Waals surface area contributed by atoms with E-state index in [9.17, 15) is 0 Å². The first-order valence-electron chi connectivity index (χ1n) is 10.1. The van der Waals surface area contributed by atoms with Gasteiger partial charge in [0.25, 0.3) is 0 Å². The lowest BCUT2D eigenvalue weighted by Gasteiger charge is -2.27. The Balaban J connectivity index is 0.00000261. The molecule has 2 aliphatic rings. The molecule has 0 atom stereocenters. The van der Waals surface area contributed by atoms with E-state index in [0.717, 1.165) is 58.8 Å². The molecule has 1 saturated heterocycles. The van der Waals surface area contributed by atoms with Crippen molar-refractivity contribution < 1.29 is 4.74 Å². The molecular formula is C21H35IN4O. The number of nitrogens with two attached hydrogens (primary N) is 1. The van der Waals surface area contributed by atoms with Crippen molar-refractivity contribution in [2.75, 3.05) is 45.9 Å². The predicted octanol–water partition coefficient (Wildman–Crippen LogP) is 3.03. The van der Waals surface area contributed by atoms with Gasteiger partial charge in [0.1, 0.15) is 0 Å². The van der Waals surface area contributed by atoms with Gasteiger partial charge in [0.2, 0.25) is 0 Å². The van der Waals surface area contributed by atoms with E-state index < -0.39 is 0 Å². The van der Waals surface area contributed by atoms with E-state index >= 15 is 0 Å². The second kappa shape index (κ2) is 11.9. The van der Waals surface area contributed by atoms with Crippen molar-refractivity contribution >= 4 is 29.9 Å². The summed E-state index contributed by atoms with van der Waals surface area (Å²) in [6, 6.07) is 10.8. The van der Waals surface area contributed by atoms with Crippen LogP contribution in [0.4, 0.5) is 0 Å². The van der Waals surface area contributed by atoms with Crippen molar-refractivity contribution in [2.24, 2.45) is 16.1 Å². The predicted molar refractivity (Wildman–Crippen MR) is 123 cm³/mol. The summed E-state index contributed by atoms with van der Waals surface area (Å²) in [5.41, 5.74) is 7.84. The number of guanidine groups is 1. The van der Waals surface area contributed by atoms with Gasteiger partial charge in [-0.15, -0.1) is 24.0 Å². The van der Waals surface area contributed by atoms with Crippen LogP contribution in [0.1, 0.15) is 37.7 Å². The van der Waals surface area contributed by atoms with Crippen molar-refractivity contribution in [1.29, 1.82) is 0 Å². The lowest BCUT2D eigenvalue weighted by Crippen LogP contribution is -2.39. The number of hydrogen-bond donors (Lipinski definition) is 2. The summed E-state index contributed by atoms with van der Waals surface area (Å²) in [6.45, 7) is 6.64. The fourth-order valence-corrected chi connectivity index (χ4v) is 4.20. The lowest BCUT2D eigenvalue weighted by atomic mass is 9.80. The number of nitrogens with zero attached hydrogens (tertiary/aromatic N) is 2. The molecule has 152 valence electrons. The average molecular weight is 486 g/mol. The summed E-state index contributed by atoms with van der Waals surface area (Å²) in [5, 5.41) is 3.30. The van der Waals surface area contributed by atoms with Crippen molar-refractivity contribution in [3.8, 4) is 0 Å². The number of hydrogen-bond acceptors (Lipinski definition) is 3. The standard InChI is InChI=1S/C21H34N4O.HI/c22-20(23-11-6-12-25-13-15-26-16-14-25)24-18-21(9-4-5-10-21)17-19-7-2-1-3-8-19;/h1-3,7-8H,4-6,9-18H2,(H3,22,23,24);1H. The van der Waals surface area contributed by atoms with Crippen molar-refractivity contribution in [1.82, 2.24) is 10.2 Å². The first-order chi connectivity index (χ1) is 12.8.